The van der Waals surface area contributed by atoms with Gasteiger partial charge in [0.2, 0.25) is 0 Å². The van der Waals surface area contributed by atoms with Crippen LogP contribution in [0.15, 0.2) is 30.5 Å². The van der Waals surface area contributed by atoms with E-state index in [2.05, 4.69) is 32.5 Å². The number of rotatable bonds is 3. The Bertz CT molecular complexity index is 611. The fourth-order valence-electron chi connectivity index (χ4n) is 2.69. The van der Waals surface area contributed by atoms with Gasteiger partial charge in [0.15, 0.2) is 0 Å². The molecule has 21 heavy (non-hydrogen) atoms. The summed E-state index contributed by atoms with van der Waals surface area (Å²) in [5, 5.41) is 9.53. The fourth-order valence-corrected chi connectivity index (χ4v) is 2.69. The maximum atomic E-state index is 12.1. The zero-order valence-corrected chi connectivity index (χ0v) is 12.2. The lowest BCUT2D eigenvalue weighted by molar-refractivity contribution is 0.102. The number of carbonyl (C=O) groups excluding carboxylic acids is 1. The number of hydrogen-bond donors (Lipinski definition) is 2. The molecule has 0 unspecified atom stereocenters. The van der Waals surface area contributed by atoms with E-state index < -0.39 is 0 Å². The molecule has 5 heteroatoms. The molecule has 0 saturated carbocycles. The smallest absolute Gasteiger partial charge is 0.259 e. The molecule has 3 rings (SSSR count). The fraction of sp³-hybridized carbons (Fsp3) is 0.375. The molecule has 0 aliphatic carbocycles. The zero-order chi connectivity index (χ0) is 14.7. The average molecular weight is 284 g/mol. The number of amides is 1. The molecule has 1 saturated heterocycles. The molecule has 1 fully saturated rings. The third-order valence-corrected chi connectivity index (χ3v) is 3.92. The highest BCUT2D eigenvalue weighted by Gasteiger charge is 2.13. The van der Waals surface area contributed by atoms with E-state index in [0.29, 0.717) is 5.56 Å². The van der Waals surface area contributed by atoms with Gasteiger partial charge >= 0.3 is 0 Å². The normalized spacial score (nSPS) is 15.0. The molecule has 1 aromatic carbocycles. The van der Waals surface area contributed by atoms with Crippen molar-refractivity contribution in [2.45, 2.75) is 26.2 Å². The Hall–Kier alpha value is -2.30. The van der Waals surface area contributed by atoms with Crippen LogP contribution in [-0.2, 0) is 0 Å². The van der Waals surface area contributed by atoms with E-state index in [-0.39, 0.29) is 5.91 Å². The summed E-state index contributed by atoms with van der Waals surface area (Å²) in [4.78, 5) is 14.5. The summed E-state index contributed by atoms with van der Waals surface area (Å²) < 4.78 is 0. The molecular weight excluding hydrogens is 264 g/mol. The predicted molar refractivity (Wildman–Crippen MR) is 83.8 cm³/mol. The number of nitrogens with zero attached hydrogens (tertiary/aromatic N) is 2. The molecule has 2 N–H and O–H groups in total. The average Bonchev–Trinajstić information content (AvgIpc) is 2.95. The first-order valence-electron chi connectivity index (χ1n) is 7.40. The van der Waals surface area contributed by atoms with Gasteiger partial charge in [-0.1, -0.05) is 0 Å². The SMILES string of the molecule is Cc1[nH]ncc1C(=O)Nc1ccc(N2CCCCC2)cc1. The quantitative estimate of drug-likeness (QED) is 0.911. The molecule has 0 spiro atoms. The van der Waals surface area contributed by atoms with Crippen LogP contribution in [0.2, 0.25) is 0 Å². The summed E-state index contributed by atoms with van der Waals surface area (Å²) in [6.45, 7) is 4.08. The largest absolute Gasteiger partial charge is 0.372 e. The van der Waals surface area contributed by atoms with Gasteiger partial charge in [-0.25, -0.2) is 0 Å². The van der Waals surface area contributed by atoms with Gasteiger partial charge in [-0.2, -0.15) is 5.10 Å². The molecule has 1 amide bonds. The number of anilines is 2. The number of benzene rings is 1. The van der Waals surface area contributed by atoms with Gasteiger partial charge in [0.05, 0.1) is 11.8 Å². The van der Waals surface area contributed by atoms with Crippen molar-refractivity contribution in [3.05, 3.63) is 41.7 Å². The Morgan fingerprint density at radius 2 is 1.90 bits per heavy atom. The minimum atomic E-state index is -0.132. The van der Waals surface area contributed by atoms with Crippen LogP contribution in [0, 0.1) is 6.92 Å². The standard InChI is InChI=1S/C16H20N4O/c1-12-15(11-17-19-12)16(21)18-13-5-7-14(8-6-13)20-9-3-2-4-10-20/h5-8,11H,2-4,9-10H2,1H3,(H,17,19)(H,18,21). The summed E-state index contributed by atoms with van der Waals surface area (Å²) in [7, 11) is 0. The summed E-state index contributed by atoms with van der Waals surface area (Å²) in [6.07, 6.45) is 5.40. The molecule has 1 aliphatic rings. The Morgan fingerprint density at radius 3 is 2.52 bits per heavy atom. The molecule has 0 atom stereocenters. The second-order valence-corrected chi connectivity index (χ2v) is 5.46. The van der Waals surface area contributed by atoms with Gasteiger partial charge in [0.25, 0.3) is 5.91 Å². The maximum Gasteiger partial charge on any atom is 0.259 e. The van der Waals surface area contributed by atoms with E-state index >= 15 is 0 Å². The van der Waals surface area contributed by atoms with Crippen molar-refractivity contribution in [3.63, 3.8) is 0 Å². The molecule has 110 valence electrons. The van der Waals surface area contributed by atoms with Gasteiger partial charge in [-0.05, 0) is 50.5 Å². The molecule has 0 bridgehead atoms. The number of nitrogens with one attached hydrogen (secondary N) is 2. The molecule has 1 aromatic heterocycles. The monoisotopic (exact) mass is 284 g/mol. The van der Waals surface area contributed by atoms with Crippen molar-refractivity contribution in [2.75, 3.05) is 23.3 Å². The third kappa shape index (κ3) is 3.07. The van der Waals surface area contributed by atoms with E-state index in [4.69, 9.17) is 0 Å². The van der Waals surface area contributed by atoms with Crippen LogP contribution in [0.4, 0.5) is 11.4 Å². The van der Waals surface area contributed by atoms with E-state index in [9.17, 15) is 4.79 Å². The number of carbonyl (C=O) groups is 1. The summed E-state index contributed by atoms with van der Waals surface area (Å²) in [5.74, 6) is -0.132. The molecule has 2 aromatic rings. The van der Waals surface area contributed by atoms with Crippen LogP contribution < -0.4 is 10.2 Å². The van der Waals surface area contributed by atoms with Gasteiger partial charge in [-0.15, -0.1) is 0 Å². The Morgan fingerprint density at radius 1 is 1.19 bits per heavy atom. The Balaban J connectivity index is 1.67. The molecule has 5 nitrogen and oxygen atoms in total. The topological polar surface area (TPSA) is 61.0 Å². The van der Waals surface area contributed by atoms with E-state index in [0.717, 1.165) is 24.5 Å². The maximum absolute atomic E-state index is 12.1. The number of aromatic nitrogens is 2. The zero-order valence-electron chi connectivity index (χ0n) is 12.2. The van der Waals surface area contributed by atoms with Crippen molar-refractivity contribution in [2.24, 2.45) is 0 Å². The van der Waals surface area contributed by atoms with Crippen molar-refractivity contribution < 1.29 is 4.79 Å². The number of hydrogen-bond acceptors (Lipinski definition) is 3. The third-order valence-electron chi connectivity index (χ3n) is 3.92. The lowest BCUT2D eigenvalue weighted by Crippen LogP contribution is -2.29. The highest BCUT2D eigenvalue weighted by atomic mass is 16.1. The first-order valence-corrected chi connectivity index (χ1v) is 7.40. The minimum Gasteiger partial charge on any atom is -0.372 e. The molecule has 2 heterocycles. The molecule has 1 aliphatic heterocycles. The van der Waals surface area contributed by atoms with Crippen molar-refractivity contribution in [3.8, 4) is 0 Å². The summed E-state index contributed by atoms with van der Waals surface area (Å²) in [5.41, 5.74) is 3.39. The number of H-pyrrole nitrogens is 1. The summed E-state index contributed by atoms with van der Waals surface area (Å²) >= 11 is 0. The van der Waals surface area contributed by atoms with Gasteiger partial charge in [0.1, 0.15) is 0 Å². The van der Waals surface area contributed by atoms with Gasteiger partial charge in [0, 0.05) is 30.2 Å². The van der Waals surface area contributed by atoms with Crippen LogP contribution in [0.5, 0.6) is 0 Å². The predicted octanol–water partition coefficient (Wildman–Crippen LogP) is 2.96. The first-order chi connectivity index (χ1) is 10.2. The second kappa shape index (κ2) is 5.99. The summed E-state index contributed by atoms with van der Waals surface area (Å²) in [6, 6.07) is 8.06. The second-order valence-electron chi connectivity index (χ2n) is 5.46. The van der Waals surface area contributed by atoms with Gasteiger partial charge < -0.3 is 10.2 Å². The lowest BCUT2D eigenvalue weighted by Gasteiger charge is -2.28. The van der Waals surface area contributed by atoms with Crippen LogP contribution in [-0.4, -0.2) is 29.2 Å². The molecular formula is C16H20N4O. The van der Waals surface area contributed by atoms with Crippen molar-refractivity contribution in [1.29, 1.82) is 0 Å². The van der Waals surface area contributed by atoms with E-state index in [1.807, 2.05) is 19.1 Å². The lowest BCUT2D eigenvalue weighted by atomic mass is 10.1. The highest BCUT2D eigenvalue weighted by Crippen LogP contribution is 2.22. The van der Waals surface area contributed by atoms with Crippen LogP contribution in [0.3, 0.4) is 0 Å². The Kier molecular flexibility index (Phi) is 3.90. The molecule has 0 radical (unpaired) electrons. The van der Waals surface area contributed by atoms with Gasteiger partial charge in [-0.3, -0.25) is 9.89 Å². The minimum absolute atomic E-state index is 0.132. The van der Waals surface area contributed by atoms with Crippen molar-refractivity contribution in [1.82, 2.24) is 10.2 Å². The van der Waals surface area contributed by atoms with Crippen LogP contribution >= 0.6 is 0 Å². The number of aryl methyl sites for hydroxylation is 1. The number of aromatic amines is 1. The first kappa shape index (κ1) is 13.7. The number of piperidine rings is 1. The Labute approximate surface area is 124 Å². The van der Waals surface area contributed by atoms with E-state index in [1.165, 1.54) is 24.9 Å². The van der Waals surface area contributed by atoms with Crippen molar-refractivity contribution >= 4 is 17.3 Å². The van der Waals surface area contributed by atoms with Crippen LogP contribution in [0.25, 0.3) is 0 Å². The van der Waals surface area contributed by atoms with E-state index in [1.54, 1.807) is 6.20 Å². The van der Waals surface area contributed by atoms with Crippen LogP contribution in [0.1, 0.15) is 35.3 Å². The highest BCUT2D eigenvalue weighted by molar-refractivity contribution is 6.04.